The number of carbonyl (C=O) groups excluding carboxylic acids is 1. The minimum absolute atomic E-state index is 0.122. The number of nitrogens with zero attached hydrogens (tertiary/aromatic N) is 2. The summed E-state index contributed by atoms with van der Waals surface area (Å²) in [5.74, 6) is 0.277. The quantitative estimate of drug-likeness (QED) is 0.825. The molecule has 126 valence electrons. The molecule has 0 bridgehead atoms. The molecule has 0 saturated carbocycles. The van der Waals surface area contributed by atoms with Crippen molar-refractivity contribution in [2.45, 2.75) is 32.7 Å². The smallest absolute Gasteiger partial charge is 0.229 e. The first-order valence-electron chi connectivity index (χ1n) is 8.18. The largest absolute Gasteiger partial charge is 0.341 e. The monoisotopic (exact) mass is 336 g/mol. The minimum Gasteiger partial charge on any atom is -0.341 e. The van der Waals surface area contributed by atoms with E-state index in [2.05, 4.69) is 12.1 Å². The van der Waals surface area contributed by atoms with Gasteiger partial charge in [-0.05, 0) is 37.3 Å². The average molecular weight is 336 g/mol. The van der Waals surface area contributed by atoms with Gasteiger partial charge in [-0.1, -0.05) is 24.3 Å². The molecule has 1 saturated heterocycles. The second-order valence-corrected chi connectivity index (χ2v) is 8.94. The van der Waals surface area contributed by atoms with E-state index in [1.807, 2.05) is 19.2 Å². The van der Waals surface area contributed by atoms with E-state index in [1.54, 1.807) is 16.1 Å². The Morgan fingerprint density at radius 2 is 1.74 bits per heavy atom. The first-order valence-corrected chi connectivity index (χ1v) is 9.79. The molecule has 6 heteroatoms. The molecule has 0 aliphatic carbocycles. The lowest BCUT2D eigenvalue weighted by Crippen LogP contribution is -2.50. The SMILES string of the molecule is CCS(=O)(=O)N1CCC2(CC1)Cc1ccccc1CN(C)C2=O. The molecule has 0 N–H and O–H groups in total. The Bertz CT molecular complexity index is 706. The fraction of sp³-hybridized carbons (Fsp3) is 0.588. The van der Waals surface area contributed by atoms with E-state index in [0.717, 1.165) is 0 Å². The topological polar surface area (TPSA) is 57.7 Å². The van der Waals surface area contributed by atoms with Gasteiger partial charge in [-0.2, -0.15) is 0 Å². The molecule has 1 aromatic rings. The van der Waals surface area contributed by atoms with E-state index in [9.17, 15) is 13.2 Å². The molecule has 2 aliphatic rings. The Hall–Kier alpha value is -1.40. The molecule has 0 atom stereocenters. The summed E-state index contributed by atoms with van der Waals surface area (Å²) in [6.45, 7) is 3.18. The van der Waals surface area contributed by atoms with Gasteiger partial charge in [0.15, 0.2) is 0 Å². The van der Waals surface area contributed by atoms with Crippen LogP contribution < -0.4 is 0 Å². The molecule has 2 heterocycles. The number of sulfonamides is 1. The van der Waals surface area contributed by atoms with Crippen molar-refractivity contribution < 1.29 is 13.2 Å². The first-order chi connectivity index (χ1) is 10.9. The third-order valence-corrected chi connectivity index (χ3v) is 7.17. The molecular formula is C17H24N2O3S. The van der Waals surface area contributed by atoms with E-state index in [-0.39, 0.29) is 11.7 Å². The van der Waals surface area contributed by atoms with Crippen molar-refractivity contribution in [1.82, 2.24) is 9.21 Å². The molecule has 0 radical (unpaired) electrons. The molecule has 0 aromatic heterocycles. The van der Waals surface area contributed by atoms with Crippen molar-refractivity contribution in [3.63, 3.8) is 0 Å². The average Bonchev–Trinajstić information content (AvgIpc) is 2.65. The van der Waals surface area contributed by atoms with Crippen molar-refractivity contribution in [3.05, 3.63) is 35.4 Å². The predicted molar refractivity (Wildman–Crippen MR) is 89.3 cm³/mol. The second-order valence-electron chi connectivity index (χ2n) is 6.69. The van der Waals surface area contributed by atoms with Crippen molar-refractivity contribution in [1.29, 1.82) is 0 Å². The Morgan fingerprint density at radius 1 is 1.13 bits per heavy atom. The van der Waals surface area contributed by atoms with Gasteiger partial charge in [0.2, 0.25) is 15.9 Å². The third kappa shape index (κ3) is 2.90. The van der Waals surface area contributed by atoms with Crippen LogP contribution in [0, 0.1) is 5.41 Å². The van der Waals surface area contributed by atoms with E-state index in [1.165, 1.54) is 11.1 Å². The van der Waals surface area contributed by atoms with Crippen LogP contribution in [0.5, 0.6) is 0 Å². The van der Waals surface area contributed by atoms with Crippen LogP contribution in [0.2, 0.25) is 0 Å². The molecule has 5 nitrogen and oxygen atoms in total. The van der Waals surface area contributed by atoms with Crippen LogP contribution in [-0.4, -0.2) is 49.4 Å². The Labute approximate surface area is 138 Å². The molecule has 2 aliphatic heterocycles. The highest BCUT2D eigenvalue weighted by molar-refractivity contribution is 7.89. The van der Waals surface area contributed by atoms with Gasteiger partial charge in [0.1, 0.15) is 0 Å². The zero-order valence-corrected chi connectivity index (χ0v) is 14.6. The van der Waals surface area contributed by atoms with Crippen LogP contribution in [0.25, 0.3) is 0 Å². The molecule has 23 heavy (non-hydrogen) atoms. The van der Waals surface area contributed by atoms with Crippen molar-refractivity contribution in [2.24, 2.45) is 5.41 Å². The fourth-order valence-electron chi connectivity index (χ4n) is 3.82. The molecule has 1 spiro atoms. The van der Waals surface area contributed by atoms with Crippen LogP contribution in [0.4, 0.5) is 0 Å². The standard InChI is InChI=1S/C17H24N2O3S/c1-3-23(21,22)19-10-8-17(9-11-19)12-14-6-4-5-7-15(14)13-18(2)16(17)20/h4-7H,3,8-13H2,1-2H3. The van der Waals surface area contributed by atoms with Crippen LogP contribution in [0.15, 0.2) is 24.3 Å². The number of benzene rings is 1. The van der Waals surface area contributed by atoms with Gasteiger partial charge in [-0.15, -0.1) is 0 Å². The molecule has 1 fully saturated rings. The fourth-order valence-corrected chi connectivity index (χ4v) is 4.93. The lowest BCUT2D eigenvalue weighted by molar-refractivity contribution is -0.143. The van der Waals surface area contributed by atoms with Crippen LogP contribution in [0.1, 0.15) is 30.9 Å². The Balaban J connectivity index is 1.89. The summed E-state index contributed by atoms with van der Waals surface area (Å²) in [7, 11) is -1.32. The van der Waals surface area contributed by atoms with Gasteiger partial charge in [-0.25, -0.2) is 12.7 Å². The van der Waals surface area contributed by atoms with Gasteiger partial charge >= 0.3 is 0 Å². The van der Waals surface area contributed by atoms with Gasteiger partial charge in [0, 0.05) is 26.7 Å². The molecule has 1 aromatic carbocycles. The number of rotatable bonds is 2. The van der Waals surface area contributed by atoms with E-state index in [0.29, 0.717) is 38.9 Å². The zero-order valence-electron chi connectivity index (χ0n) is 13.8. The highest BCUT2D eigenvalue weighted by atomic mass is 32.2. The predicted octanol–water partition coefficient (Wildman–Crippen LogP) is 1.63. The van der Waals surface area contributed by atoms with Gasteiger partial charge < -0.3 is 4.90 Å². The van der Waals surface area contributed by atoms with Crippen LogP contribution in [-0.2, 0) is 27.8 Å². The summed E-state index contributed by atoms with van der Waals surface area (Å²) in [6.07, 6.45) is 1.92. The molecule has 3 rings (SSSR count). The molecular weight excluding hydrogens is 312 g/mol. The Kier molecular flexibility index (Phi) is 4.23. The minimum atomic E-state index is -3.17. The summed E-state index contributed by atoms with van der Waals surface area (Å²) < 4.78 is 25.7. The highest BCUT2D eigenvalue weighted by Crippen LogP contribution is 2.40. The maximum absolute atomic E-state index is 13.0. The van der Waals surface area contributed by atoms with Gasteiger partial charge in [0.05, 0.1) is 11.2 Å². The maximum Gasteiger partial charge on any atom is 0.229 e. The summed E-state index contributed by atoms with van der Waals surface area (Å²) >= 11 is 0. The molecule has 1 amide bonds. The summed E-state index contributed by atoms with van der Waals surface area (Å²) in [5.41, 5.74) is 1.96. The number of amides is 1. The second kappa shape index (κ2) is 5.91. The third-order valence-electron chi connectivity index (χ3n) is 5.29. The normalized spacial score (nSPS) is 22.0. The van der Waals surface area contributed by atoms with E-state index >= 15 is 0 Å². The lowest BCUT2D eigenvalue weighted by Gasteiger charge is -2.40. The number of hydrogen-bond acceptors (Lipinski definition) is 3. The van der Waals surface area contributed by atoms with Gasteiger partial charge in [-0.3, -0.25) is 4.79 Å². The van der Waals surface area contributed by atoms with Crippen LogP contribution >= 0.6 is 0 Å². The summed E-state index contributed by atoms with van der Waals surface area (Å²) in [6, 6.07) is 8.19. The van der Waals surface area contributed by atoms with E-state index in [4.69, 9.17) is 0 Å². The zero-order chi connectivity index (χ0) is 16.7. The number of piperidine rings is 1. The maximum atomic E-state index is 13.0. The number of hydrogen-bond donors (Lipinski definition) is 0. The molecule has 0 unspecified atom stereocenters. The first kappa shape index (κ1) is 16.5. The van der Waals surface area contributed by atoms with Crippen molar-refractivity contribution in [2.75, 3.05) is 25.9 Å². The van der Waals surface area contributed by atoms with Crippen LogP contribution in [0.3, 0.4) is 0 Å². The van der Waals surface area contributed by atoms with E-state index < -0.39 is 15.4 Å². The Morgan fingerprint density at radius 3 is 2.35 bits per heavy atom. The number of fused-ring (bicyclic) bond motifs is 1. The van der Waals surface area contributed by atoms with Crippen molar-refractivity contribution in [3.8, 4) is 0 Å². The van der Waals surface area contributed by atoms with Gasteiger partial charge in [0.25, 0.3) is 0 Å². The number of carbonyl (C=O) groups is 1. The lowest BCUT2D eigenvalue weighted by atomic mass is 9.73. The summed E-state index contributed by atoms with van der Waals surface area (Å²) in [4.78, 5) is 14.8. The highest BCUT2D eigenvalue weighted by Gasteiger charge is 2.46. The summed E-state index contributed by atoms with van der Waals surface area (Å²) in [5, 5.41) is 0. The van der Waals surface area contributed by atoms with Crippen molar-refractivity contribution >= 4 is 15.9 Å².